The van der Waals surface area contributed by atoms with Crippen molar-refractivity contribution in [1.29, 1.82) is 0 Å². The molecular formula is C14H16F2N2O3. The fraction of sp³-hybridized carbons (Fsp3) is 0.429. The second-order valence-corrected chi connectivity index (χ2v) is 4.97. The second-order valence-electron chi connectivity index (χ2n) is 4.97. The Hall–Kier alpha value is -2.18. The van der Waals surface area contributed by atoms with Crippen LogP contribution in [-0.4, -0.2) is 34.6 Å². The highest BCUT2D eigenvalue weighted by Gasteiger charge is 2.32. The predicted octanol–water partition coefficient (Wildman–Crippen LogP) is 3.07. The van der Waals surface area contributed by atoms with Crippen molar-refractivity contribution in [2.24, 2.45) is 0 Å². The molecule has 2 amide bonds. The number of hydrogen-bond donors (Lipinski definition) is 2. The van der Waals surface area contributed by atoms with Crippen molar-refractivity contribution in [3.8, 4) is 0 Å². The van der Waals surface area contributed by atoms with Gasteiger partial charge in [0.15, 0.2) is 0 Å². The van der Waals surface area contributed by atoms with Gasteiger partial charge >= 0.3 is 12.0 Å². The summed E-state index contributed by atoms with van der Waals surface area (Å²) in [6.07, 6.45) is 2.57. The summed E-state index contributed by atoms with van der Waals surface area (Å²) in [6, 6.07) is 0.899. The minimum absolute atomic E-state index is 0.146. The number of carboxylic acids is 1. The molecule has 21 heavy (non-hydrogen) atoms. The fourth-order valence-electron chi connectivity index (χ4n) is 2.07. The van der Waals surface area contributed by atoms with Gasteiger partial charge in [0.2, 0.25) is 0 Å². The molecule has 0 atom stereocenters. The summed E-state index contributed by atoms with van der Waals surface area (Å²) in [6.45, 7) is 2.45. The highest BCUT2D eigenvalue weighted by molar-refractivity contribution is 5.93. The van der Waals surface area contributed by atoms with Crippen LogP contribution in [0.1, 0.15) is 36.5 Å². The number of urea groups is 1. The number of nitrogens with zero attached hydrogens (tertiary/aromatic N) is 1. The highest BCUT2D eigenvalue weighted by Crippen LogP contribution is 2.28. The number of carboxylic acid groups (broad SMARTS) is 1. The standard InChI is InChI=1S/C14H16F2N2O3/c1-2-5-18(8-3-4-8)14(21)17-12-6-9(13(19)20)10(15)7-11(12)16/h6-8H,2-5H2,1H3,(H,17,21)(H,19,20). The van der Waals surface area contributed by atoms with Crippen molar-refractivity contribution in [2.45, 2.75) is 32.2 Å². The molecule has 2 N–H and O–H groups in total. The molecule has 0 aromatic heterocycles. The zero-order valence-electron chi connectivity index (χ0n) is 11.5. The Bertz CT molecular complexity index is 574. The second kappa shape index (κ2) is 6.07. The number of hydrogen-bond acceptors (Lipinski definition) is 2. The van der Waals surface area contributed by atoms with Crippen LogP contribution in [-0.2, 0) is 0 Å². The lowest BCUT2D eigenvalue weighted by Gasteiger charge is -2.22. The van der Waals surface area contributed by atoms with Crippen LogP contribution in [0.3, 0.4) is 0 Å². The van der Waals surface area contributed by atoms with E-state index >= 15 is 0 Å². The number of amides is 2. The van der Waals surface area contributed by atoms with Gasteiger partial charge in [-0.05, 0) is 25.3 Å². The summed E-state index contributed by atoms with van der Waals surface area (Å²) >= 11 is 0. The van der Waals surface area contributed by atoms with Crippen molar-refractivity contribution in [2.75, 3.05) is 11.9 Å². The van der Waals surface area contributed by atoms with Crippen LogP contribution < -0.4 is 5.32 Å². The van der Waals surface area contributed by atoms with E-state index in [1.165, 1.54) is 0 Å². The van der Waals surface area contributed by atoms with Crippen LogP contribution in [0.4, 0.5) is 19.3 Å². The van der Waals surface area contributed by atoms with E-state index in [9.17, 15) is 18.4 Å². The minimum Gasteiger partial charge on any atom is -0.478 e. The molecule has 1 aromatic rings. The third-order valence-corrected chi connectivity index (χ3v) is 3.24. The number of aromatic carboxylic acids is 1. The van der Waals surface area contributed by atoms with E-state index in [-0.39, 0.29) is 11.7 Å². The summed E-state index contributed by atoms with van der Waals surface area (Å²) in [7, 11) is 0. The molecule has 1 fully saturated rings. The number of halogens is 2. The van der Waals surface area contributed by atoms with Gasteiger partial charge < -0.3 is 15.3 Å². The smallest absolute Gasteiger partial charge is 0.338 e. The van der Waals surface area contributed by atoms with Gasteiger partial charge in [-0.15, -0.1) is 0 Å². The van der Waals surface area contributed by atoms with E-state index in [1.807, 2.05) is 6.92 Å². The maximum absolute atomic E-state index is 13.7. The van der Waals surface area contributed by atoms with Gasteiger partial charge in [0.1, 0.15) is 11.6 Å². The summed E-state index contributed by atoms with van der Waals surface area (Å²) in [5, 5.41) is 11.1. The third-order valence-electron chi connectivity index (χ3n) is 3.24. The van der Waals surface area contributed by atoms with Gasteiger partial charge in [0, 0.05) is 18.7 Å². The molecule has 1 saturated carbocycles. The van der Waals surface area contributed by atoms with Crippen molar-refractivity contribution < 1.29 is 23.5 Å². The average Bonchev–Trinajstić information content (AvgIpc) is 3.22. The fourth-order valence-corrected chi connectivity index (χ4v) is 2.07. The molecule has 0 bridgehead atoms. The summed E-state index contributed by atoms with van der Waals surface area (Å²) in [4.78, 5) is 24.5. The summed E-state index contributed by atoms with van der Waals surface area (Å²) < 4.78 is 26.9. The quantitative estimate of drug-likeness (QED) is 0.877. The maximum atomic E-state index is 13.7. The average molecular weight is 298 g/mol. The number of carbonyl (C=O) groups is 2. The first-order valence-corrected chi connectivity index (χ1v) is 6.74. The molecule has 0 aliphatic heterocycles. The molecule has 0 radical (unpaired) electrons. The van der Waals surface area contributed by atoms with E-state index in [4.69, 9.17) is 5.11 Å². The van der Waals surface area contributed by atoms with Crippen molar-refractivity contribution in [3.63, 3.8) is 0 Å². The molecule has 0 unspecified atom stereocenters. The van der Waals surface area contributed by atoms with Gasteiger partial charge in [-0.2, -0.15) is 0 Å². The van der Waals surface area contributed by atoms with E-state index in [0.29, 0.717) is 12.6 Å². The molecule has 0 saturated heterocycles. The lowest BCUT2D eigenvalue weighted by molar-refractivity contribution is 0.0691. The molecule has 5 nitrogen and oxygen atoms in total. The molecule has 1 aliphatic rings. The van der Waals surface area contributed by atoms with Crippen LogP contribution in [0.5, 0.6) is 0 Å². The molecule has 7 heteroatoms. The van der Waals surface area contributed by atoms with Crippen molar-refractivity contribution in [1.82, 2.24) is 4.90 Å². The van der Waals surface area contributed by atoms with Gasteiger partial charge in [0.05, 0.1) is 11.3 Å². The van der Waals surface area contributed by atoms with E-state index in [2.05, 4.69) is 5.32 Å². The first-order chi connectivity index (χ1) is 9.93. The van der Waals surface area contributed by atoms with Gasteiger partial charge in [-0.1, -0.05) is 6.92 Å². The number of benzene rings is 1. The number of nitrogens with one attached hydrogen (secondary N) is 1. The Kier molecular flexibility index (Phi) is 4.40. The number of rotatable bonds is 5. The van der Waals surface area contributed by atoms with Gasteiger partial charge in [0.25, 0.3) is 0 Å². The van der Waals surface area contributed by atoms with E-state index in [1.54, 1.807) is 4.90 Å². The SMILES string of the molecule is CCCN(C(=O)Nc1cc(C(=O)O)c(F)cc1F)C1CC1. The molecule has 0 spiro atoms. The minimum atomic E-state index is -1.52. The zero-order chi connectivity index (χ0) is 15.6. The van der Waals surface area contributed by atoms with Crippen LogP contribution >= 0.6 is 0 Å². The normalized spacial score (nSPS) is 13.9. The molecule has 1 aromatic carbocycles. The Morgan fingerprint density at radius 2 is 2.00 bits per heavy atom. The lowest BCUT2D eigenvalue weighted by Crippen LogP contribution is -2.37. The van der Waals surface area contributed by atoms with Crippen molar-refractivity contribution in [3.05, 3.63) is 29.3 Å². The molecule has 2 rings (SSSR count). The van der Waals surface area contributed by atoms with Gasteiger partial charge in [-0.25, -0.2) is 18.4 Å². The van der Waals surface area contributed by atoms with Crippen LogP contribution in [0.15, 0.2) is 12.1 Å². The maximum Gasteiger partial charge on any atom is 0.338 e. The zero-order valence-corrected chi connectivity index (χ0v) is 11.5. The van der Waals surface area contributed by atoms with Crippen LogP contribution in [0.25, 0.3) is 0 Å². The number of carbonyl (C=O) groups excluding carboxylic acids is 1. The first-order valence-electron chi connectivity index (χ1n) is 6.74. The molecule has 0 heterocycles. The Labute approximate surface area is 120 Å². The topological polar surface area (TPSA) is 69.6 Å². The van der Waals surface area contributed by atoms with Crippen LogP contribution in [0.2, 0.25) is 0 Å². The Balaban J connectivity index is 2.20. The van der Waals surface area contributed by atoms with Crippen molar-refractivity contribution >= 4 is 17.7 Å². The monoisotopic (exact) mass is 298 g/mol. The lowest BCUT2D eigenvalue weighted by atomic mass is 10.2. The van der Waals surface area contributed by atoms with Gasteiger partial charge in [-0.3, -0.25) is 0 Å². The molecule has 1 aliphatic carbocycles. The molecule has 114 valence electrons. The summed E-state index contributed by atoms with van der Waals surface area (Å²) in [5.41, 5.74) is -1.01. The number of anilines is 1. The van der Waals surface area contributed by atoms with Crippen LogP contribution in [0, 0.1) is 11.6 Å². The molecular weight excluding hydrogens is 282 g/mol. The third kappa shape index (κ3) is 3.48. The summed E-state index contributed by atoms with van der Waals surface area (Å²) in [5.74, 6) is -3.70. The Morgan fingerprint density at radius 1 is 1.33 bits per heavy atom. The highest BCUT2D eigenvalue weighted by atomic mass is 19.1. The first kappa shape index (κ1) is 15.2. The predicted molar refractivity (Wildman–Crippen MR) is 72.4 cm³/mol. The van der Waals surface area contributed by atoms with E-state index < -0.39 is 29.2 Å². The van der Waals surface area contributed by atoms with E-state index in [0.717, 1.165) is 25.3 Å². The Morgan fingerprint density at radius 3 is 2.52 bits per heavy atom. The largest absolute Gasteiger partial charge is 0.478 e.